The Morgan fingerprint density at radius 1 is 1.15 bits per heavy atom. The van der Waals surface area contributed by atoms with Gasteiger partial charge in [-0.3, -0.25) is 19.3 Å². The van der Waals surface area contributed by atoms with Gasteiger partial charge in [-0.25, -0.2) is 0 Å². The van der Waals surface area contributed by atoms with E-state index in [4.69, 9.17) is 0 Å². The molecule has 2 aliphatic rings. The van der Waals surface area contributed by atoms with Gasteiger partial charge in [-0.05, 0) is 30.2 Å². The van der Waals surface area contributed by atoms with Gasteiger partial charge in [-0.1, -0.05) is 36.4 Å². The Morgan fingerprint density at radius 2 is 1.91 bits per heavy atom. The number of hydrogen-bond donors (Lipinski definition) is 1. The average molecular weight is 485 g/mol. The van der Waals surface area contributed by atoms with Crippen molar-refractivity contribution >= 4 is 17.7 Å². The maximum absolute atomic E-state index is 13.7. The number of fused-ring (bicyclic) bond motifs is 3. The van der Waals surface area contributed by atoms with Gasteiger partial charge in [0, 0.05) is 23.6 Å². The molecule has 3 heterocycles. The molecule has 0 radical (unpaired) electrons. The Balaban J connectivity index is 1.77. The number of amides is 1. The third-order valence-electron chi connectivity index (χ3n) is 6.14. The number of carbonyl (C=O) groups is 1. The van der Waals surface area contributed by atoms with Crippen LogP contribution in [0.4, 0.5) is 13.2 Å². The third kappa shape index (κ3) is 3.47. The number of pyridine rings is 1. The summed E-state index contributed by atoms with van der Waals surface area (Å²) in [5.41, 5.74) is 1.23. The minimum absolute atomic E-state index is 0.420. The van der Waals surface area contributed by atoms with E-state index in [2.05, 4.69) is 12.1 Å². The molecule has 2 atom stereocenters. The SMILES string of the molecule is C[C@H](N1CN([C@@H]2c3ccc#cc3SCc3ccccc32)n2ccc(=O)c(O)c2C1=O)C(F)(F)F. The monoisotopic (exact) mass is 485 g/mol. The Kier molecular flexibility index (Phi) is 5.24. The fourth-order valence-corrected chi connectivity index (χ4v) is 5.37. The zero-order valence-corrected chi connectivity index (χ0v) is 18.7. The van der Waals surface area contributed by atoms with Crippen molar-refractivity contribution in [2.24, 2.45) is 0 Å². The van der Waals surface area contributed by atoms with Crippen LogP contribution in [-0.2, 0) is 5.75 Å². The number of carbonyl (C=O) groups excluding carboxylic acids is 1. The smallest absolute Gasteiger partial charge is 0.408 e. The van der Waals surface area contributed by atoms with Crippen LogP contribution in [0.1, 0.15) is 40.1 Å². The Hall–Kier alpha value is -3.58. The van der Waals surface area contributed by atoms with Gasteiger partial charge < -0.3 is 10.0 Å². The molecule has 0 bridgehead atoms. The van der Waals surface area contributed by atoms with Crippen LogP contribution in [0.25, 0.3) is 0 Å². The number of hydrogen-bond acceptors (Lipinski definition) is 5. The van der Waals surface area contributed by atoms with Crippen molar-refractivity contribution in [1.29, 1.82) is 0 Å². The largest absolute Gasteiger partial charge is 0.502 e. The van der Waals surface area contributed by atoms with Crippen LogP contribution in [0.15, 0.2) is 58.4 Å². The predicted octanol–water partition coefficient (Wildman–Crippen LogP) is 3.85. The first-order valence-corrected chi connectivity index (χ1v) is 11.4. The molecule has 5 rings (SSSR count). The van der Waals surface area contributed by atoms with Gasteiger partial charge in [0.05, 0.1) is 10.9 Å². The van der Waals surface area contributed by atoms with Gasteiger partial charge in [-0.2, -0.15) is 13.2 Å². The van der Waals surface area contributed by atoms with Crippen LogP contribution in [0, 0.1) is 12.1 Å². The zero-order valence-electron chi connectivity index (χ0n) is 17.8. The Bertz CT molecular complexity index is 1290. The van der Waals surface area contributed by atoms with Gasteiger partial charge in [0.15, 0.2) is 11.4 Å². The molecular weight excluding hydrogens is 467 g/mol. The quantitative estimate of drug-likeness (QED) is 0.598. The summed E-state index contributed by atoms with van der Waals surface area (Å²) in [6, 6.07) is 15.4. The number of thioether (sulfide) groups is 1. The van der Waals surface area contributed by atoms with Gasteiger partial charge >= 0.3 is 6.18 Å². The maximum Gasteiger partial charge on any atom is 0.408 e. The van der Waals surface area contributed by atoms with Crippen LogP contribution < -0.4 is 10.4 Å². The lowest BCUT2D eigenvalue weighted by molar-refractivity contribution is -0.173. The molecule has 6 nitrogen and oxygen atoms in total. The summed E-state index contributed by atoms with van der Waals surface area (Å²) in [5, 5.41) is 12.0. The summed E-state index contributed by atoms with van der Waals surface area (Å²) in [6.45, 7) is 0.466. The summed E-state index contributed by atoms with van der Waals surface area (Å²) in [7, 11) is 0. The third-order valence-corrected chi connectivity index (χ3v) is 7.22. The normalized spacial score (nSPS) is 18.4. The highest BCUT2D eigenvalue weighted by molar-refractivity contribution is 7.98. The number of halogens is 3. The van der Waals surface area contributed by atoms with E-state index in [0.29, 0.717) is 10.7 Å². The van der Waals surface area contributed by atoms with E-state index in [1.165, 1.54) is 22.6 Å². The molecule has 0 unspecified atom stereocenters. The molecule has 1 aromatic heterocycles. The van der Waals surface area contributed by atoms with Gasteiger partial charge in [0.1, 0.15) is 12.7 Å². The number of rotatable bonds is 2. The minimum atomic E-state index is -4.70. The lowest BCUT2D eigenvalue weighted by atomic mass is 9.94. The molecule has 10 heteroatoms. The summed E-state index contributed by atoms with van der Waals surface area (Å²) in [5.74, 6) is -1.34. The lowest BCUT2D eigenvalue weighted by Crippen LogP contribution is -2.60. The van der Waals surface area contributed by atoms with Gasteiger partial charge in [0.2, 0.25) is 5.43 Å². The second-order valence-corrected chi connectivity index (χ2v) is 9.06. The molecule has 2 aliphatic heterocycles. The van der Waals surface area contributed by atoms with Crippen LogP contribution >= 0.6 is 11.8 Å². The van der Waals surface area contributed by atoms with Crippen molar-refractivity contribution in [2.45, 2.75) is 35.8 Å². The number of alkyl halides is 3. The van der Waals surface area contributed by atoms with Crippen molar-refractivity contribution in [1.82, 2.24) is 9.58 Å². The van der Waals surface area contributed by atoms with Crippen molar-refractivity contribution in [3.63, 3.8) is 0 Å². The fraction of sp³-hybridized carbons (Fsp3) is 0.250. The van der Waals surface area contributed by atoms with Crippen LogP contribution in [0.2, 0.25) is 0 Å². The molecule has 174 valence electrons. The van der Waals surface area contributed by atoms with E-state index < -0.39 is 47.7 Å². The lowest BCUT2D eigenvalue weighted by Gasteiger charge is -2.46. The second-order valence-electron chi connectivity index (χ2n) is 8.07. The number of benzene rings is 1. The summed E-state index contributed by atoms with van der Waals surface area (Å²) in [4.78, 5) is 26.7. The Labute approximate surface area is 197 Å². The highest BCUT2D eigenvalue weighted by atomic mass is 32.2. The van der Waals surface area contributed by atoms with E-state index in [0.717, 1.165) is 34.6 Å². The Morgan fingerprint density at radius 3 is 2.68 bits per heavy atom. The first-order valence-electron chi connectivity index (χ1n) is 10.4. The average Bonchev–Trinajstić information content (AvgIpc) is 2.97. The molecule has 0 saturated heterocycles. The zero-order chi connectivity index (χ0) is 24.2. The van der Waals surface area contributed by atoms with Crippen molar-refractivity contribution in [2.75, 3.05) is 11.7 Å². The fourth-order valence-electron chi connectivity index (χ4n) is 4.33. The van der Waals surface area contributed by atoms with Crippen molar-refractivity contribution < 1.29 is 23.1 Å². The summed E-state index contributed by atoms with van der Waals surface area (Å²) >= 11 is 1.54. The summed E-state index contributed by atoms with van der Waals surface area (Å²) < 4.78 is 42.4. The van der Waals surface area contributed by atoms with E-state index in [1.54, 1.807) is 11.1 Å². The van der Waals surface area contributed by atoms with Gasteiger partial charge in [0.25, 0.3) is 5.91 Å². The molecule has 1 amide bonds. The van der Waals surface area contributed by atoms with Crippen LogP contribution in [0.5, 0.6) is 5.75 Å². The standard InChI is InChI=1S/C24H18F3N3O3S/c1-14(24(25,26)27)28-13-30(29-11-10-18(31)22(32)21(29)23(28)33)20-16-7-3-2-6-15(16)12-34-19-9-5-4-8-17(19)20/h2-4,6-8,10-11,14,20,32H,12-13H2,1H3/t14-,20-/m0/s1. The molecule has 0 aliphatic carbocycles. The van der Waals surface area contributed by atoms with Crippen molar-refractivity contribution in [3.05, 3.63) is 93.4 Å². The maximum atomic E-state index is 13.7. The molecule has 0 fully saturated rings. The van der Waals surface area contributed by atoms with E-state index in [-0.39, 0.29) is 0 Å². The molecular formula is C24H18F3N3O3S. The number of nitrogens with zero attached hydrogens (tertiary/aromatic N) is 3. The highest BCUT2D eigenvalue weighted by Gasteiger charge is 2.47. The predicted molar refractivity (Wildman–Crippen MR) is 119 cm³/mol. The number of aromatic nitrogens is 1. The van der Waals surface area contributed by atoms with E-state index in [9.17, 15) is 27.9 Å². The topological polar surface area (TPSA) is 65.8 Å². The molecule has 0 saturated carbocycles. The molecule has 2 aromatic carbocycles. The van der Waals surface area contributed by atoms with E-state index in [1.807, 2.05) is 30.3 Å². The first kappa shape index (κ1) is 22.2. The van der Waals surface area contributed by atoms with Crippen LogP contribution in [0.3, 0.4) is 0 Å². The summed E-state index contributed by atoms with van der Waals surface area (Å²) in [6.07, 6.45) is -3.39. The van der Waals surface area contributed by atoms with Crippen LogP contribution in [-0.4, -0.2) is 39.5 Å². The first-order chi connectivity index (χ1) is 16.2. The molecule has 34 heavy (non-hydrogen) atoms. The van der Waals surface area contributed by atoms with Gasteiger partial charge in [-0.15, -0.1) is 11.8 Å². The number of aromatic hydroxyl groups is 1. The minimum Gasteiger partial charge on any atom is -0.502 e. The molecule has 1 N–H and O–H groups in total. The van der Waals surface area contributed by atoms with Crippen molar-refractivity contribution in [3.8, 4) is 5.75 Å². The second kappa shape index (κ2) is 8.02. The highest BCUT2D eigenvalue weighted by Crippen LogP contribution is 2.42. The van der Waals surface area contributed by atoms with E-state index >= 15 is 0 Å². The molecule has 0 spiro atoms. The molecule has 3 aromatic rings.